The summed E-state index contributed by atoms with van der Waals surface area (Å²) in [5.74, 6) is 0.407. The number of rotatable bonds is 5. The van der Waals surface area contributed by atoms with E-state index in [2.05, 4.69) is 15.3 Å². The minimum Gasteiger partial charge on any atom is -0.441 e. The number of nitrogens with zero attached hydrogens (tertiary/aromatic N) is 2. The second-order valence-corrected chi connectivity index (χ2v) is 7.52. The summed E-state index contributed by atoms with van der Waals surface area (Å²) in [4.78, 5) is 21.6. The fourth-order valence-electron chi connectivity index (χ4n) is 2.99. The van der Waals surface area contributed by atoms with Crippen molar-refractivity contribution < 1.29 is 14.3 Å². The van der Waals surface area contributed by atoms with Crippen LogP contribution in [0.1, 0.15) is 17.0 Å². The first-order chi connectivity index (χ1) is 13.6. The maximum atomic E-state index is 12.3. The summed E-state index contributed by atoms with van der Waals surface area (Å²) >= 11 is 1.27. The van der Waals surface area contributed by atoms with Crippen LogP contribution < -0.4 is 5.32 Å². The maximum Gasteiger partial charge on any atom is 0.264 e. The van der Waals surface area contributed by atoms with E-state index in [4.69, 9.17) is 4.42 Å². The van der Waals surface area contributed by atoms with Gasteiger partial charge < -0.3 is 14.8 Å². The highest BCUT2D eigenvalue weighted by Crippen LogP contribution is 2.28. The molecule has 7 heteroatoms. The fourth-order valence-corrected chi connectivity index (χ4v) is 3.88. The second kappa shape index (κ2) is 8.00. The molecule has 0 saturated carbocycles. The number of thioether (sulfide) groups is 1. The van der Waals surface area contributed by atoms with Gasteiger partial charge in [0.05, 0.1) is 17.6 Å². The van der Waals surface area contributed by atoms with E-state index in [1.54, 1.807) is 13.0 Å². The van der Waals surface area contributed by atoms with Gasteiger partial charge in [0, 0.05) is 6.92 Å². The average molecular weight is 393 g/mol. The van der Waals surface area contributed by atoms with E-state index in [1.165, 1.54) is 11.8 Å². The number of oxazole rings is 1. The van der Waals surface area contributed by atoms with Crippen molar-refractivity contribution in [3.63, 3.8) is 0 Å². The van der Waals surface area contributed by atoms with E-state index in [9.17, 15) is 9.90 Å². The number of hydrogen-bond acceptors (Lipinski definition) is 6. The van der Waals surface area contributed by atoms with Crippen molar-refractivity contribution in [2.24, 2.45) is 4.99 Å². The summed E-state index contributed by atoms with van der Waals surface area (Å²) in [6.45, 7) is 1.71. The number of nitrogens with one attached hydrogen (secondary N) is 1. The van der Waals surface area contributed by atoms with E-state index >= 15 is 0 Å². The number of aliphatic imine (C=N–C) groups is 1. The Bertz CT molecular complexity index is 1070. The van der Waals surface area contributed by atoms with Gasteiger partial charge in [0.25, 0.3) is 5.91 Å². The third-order valence-corrected chi connectivity index (χ3v) is 5.22. The number of amides is 1. The first kappa shape index (κ1) is 18.5. The number of benzene rings is 2. The SMILES string of the molecule is Cc1nc2ccc(/C=C3\S/C(=N\C(CO)Cc4ccccc4)NC3=O)cc2o1. The van der Waals surface area contributed by atoms with Crippen LogP contribution in [-0.4, -0.2) is 33.8 Å². The third kappa shape index (κ3) is 4.16. The van der Waals surface area contributed by atoms with Crippen molar-refractivity contribution in [1.29, 1.82) is 0 Å². The maximum absolute atomic E-state index is 12.3. The van der Waals surface area contributed by atoms with Gasteiger partial charge in [0.2, 0.25) is 0 Å². The van der Waals surface area contributed by atoms with Gasteiger partial charge in [-0.25, -0.2) is 4.98 Å². The first-order valence-corrected chi connectivity index (χ1v) is 9.73. The van der Waals surface area contributed by atoms with Crippen LogP contribution in [0, 0.1) is 6.92 Å². The molecule has 0 radical (unpaired) electrons. The Morgan fingerprint density at radius 3 is 2.89 bits per heavy atom. The molecule has 1 aliphatic heterocycles. The van der Waals surface area contributed by atoms with Gasteiger partial charge in [-0.2, -0.15) is 0 Å². The number of fused-ring (bicyclic) bond motifs is 1. The number of aliphatic hydroxyl groups excluding tert-OH is 1. The average Bonchev–Trinajstić information content (AvgIpc) is 3.22. The Hall–Kier alpha value is -2.90. The number of amidine groups is 1. The summed E-state index contributed by atoms with van der Waals surface area (Å²) in [7, 11) is 0. The second-order valence-electron chi connectivity index (χ2n) is 6.49. The number of aliphatic hydroxyl groups is 1. The Balaban J connectivity index is 1.51. The lowest BCUT2D eigenvalue weighted by atomic mass is 10.1. The van der Waals surface area contributed by atoms with Crippen molar-refractivity contribution >= 4 is 40.0 Å². The molecule has 4 rings (SSSR count). The Morgan fingerprint density at radius 1 is 1.29 bits per heavy atom. The smallest absolute Gasteiger partial charge is 0.264 e. The monoisotopic (exact) mass is 393 g/mol. The molecule has 1 fully saturated rings. The molecule has 1 atom stereocenters. The first-order valence-electron chi connectivity index (χ1n) is 8.91. The largest absolute Gasteiger partial charge is 0.441 e. The molecule has 6 nitrogen and oxygen atoms in total. The van der Waals surface area contributed by atoms with Crippen LogP contribution in [0.15, 0.2) is 62.8 Å². The molecule has 2 aromatic carbocycles. The highest BCUT2D eigenvalue weighted by molar-refractivity contribution is 8.18. The molecule has 3 aromatic rings. The number of aromatic nitrogens is 1. The molecule has 1 saturated heterocycles. The van der Waals surface area contributed by atoms with Gasteiger partial charge in [-0.3, -0.25) is 9.79 Å². The predicted molar refractivity (Wildman–Crippen MR) is 111 cm³/mol. The Labute approximate surface area is 166 Å². The molecule has 1 unspecified atom stereocenters. The minimum absolute atomic E-state index is 0.0879. The van der Waals surface area contributed by atoms with Crippen LogP contribution in [0.4, 0.5) is 0 Å². The molecule has 1 aliphatic rings. The zero-order valence-electron chi connectivity index (χ0n) is 15.3. The van der Waals surface area contributed by atoms with E-state index in [-0.39, 0.29) is 18.6 Å². The summed E-state index contributed by atoms with van der Waals surface area (Å²) in [6.07, 6.45) is 2.41. The van der Waals surface area contributed by atoms with Crippen LogP contribution in [0.25, 0.3) is 17.2 Å². The van der Waals surface area contributed by atoms with Gasteiger partial charge in [-0.15, -0.1) is 0 Å². The number of aryl methyl sites for hydroxylation is 1. The lowest BCUT2D eigenvalue weighted by Crippen LogP contribution is -2.23. The Morgan fingerprint density at radius 2 is 2.11 bits per heavy atom. The molecule has 2 heterocycles. The molecular formula is C21H19N3O3S. The van der Waals surface area contributed by atoms with Crippen LogP contribution in [0.3, 0.4) is 0 Å². The molecule has 1 aromatic heterocycles. The van der Waals surface area contributed by atoms with Crippen molar-refractivity contribution in [3.8, 4) is 0 Å². The van der Waals surface area contributed by atoms with Crippen molar-refractivity contribution in [2.45, 2.75) is 19.4 Å². The quantitative estimate of drug-likeness (QED) is 0.650. The molecule has 0 aliphatic carbocycles. The fraction of sp³-hybridized carbons (Fsp3) is 0.190. The van der Waals surface area contributed by atoms with Gasteiger partial charge in [0.15, 0.2) is 16.6 Å². The van der Waals surface area contributed by atoms with E-state index < -0.39 is 0 Å². The number of hydrogen-bond donors (Lipinski definition) is 2. The molecule has 142 valence electrons. The van der Waals surface area contributed by atoms with Crippen molar-refractivity contribution in [2.75, 3.05) is 6.61 Å². The number of carbonyl (C=O) groups is 1. The Kier molecular flexibility index (Phi) is 5.27. The van der Waals surface area contributed by atoms with Gasteiger partial charge in [-0.05, 0) is 47.5 Å². The predicted octanol–water partition coefficient (Wildman–Crippen LogP) is 3.30. The topological polar surface area (TPSA) is 87.7 Å². The van der Waals surface area contributed by atoms with Crippen LogP contribution >= 0.6 is 11.8 Å². The van der Waals surface area contributed by atoms with Gasteiger partial charge in [-0.1, -0.05) is 36.4 Å². The minimum atomic E-state index is -0.307. The standard InChI is InChI=1S/C21H19N3O3S/c1-13-22-17-8-7-15(10-18(17)27-13)11-19-20(26)24-21(28-19)23-16(12-25)9-14-5-3-2-4-6-14/h2-8,10-11,16,25H,9,12H2,1H3,(H,23,24,26)/b19-11-. The van der Waals surface area contributed by atoms with Crippen molar-refractivity contribution in [3.05, 3.63) is 70.5 Å². The lowest BCUT2D eigenvalue weighted by molar-refractivity contribution is -0.115. The van der Waals surface area contributed by atoms with Gasteiger partial charge >= 0.3 is 0 Å². The lowest BCUT2D eigenvalue weighted by Gasteiger charge is -2.10. The molecule has 0 bridgehead atoms. The van der Waals surface area contributed by atoms with E-state index in [1.807, 2.05) is 48.5 Å². The molecule has 2 N–H and O–H groups in total. The normalized spacial score (nSPS) is 18.1. The van der Waals surface area contributed by atoms with E-state index in [0.29, 0.717) is 28.0 Å². The molecule has 28 heavy (non-hydrogen) atoms. The van der Waals surface area contributed by atoms with E-state index in [0.717, 1.165) is 16.6 Å². The molecular weight excluding hydrogens is 374 g/mol. The summed E-state index contributed by atoms with van der Waals surface area (Å²) in [5, 5.41) is 12.9. The summed E-state index contributed by atoms with van der Waals surface area (Å²) in [6, 6.07) is 15.2. The van der Waals surface area contributed by atoms with Gasteiger partial charge in [0.1, 0.15) is 5.52 Å². The van der Waals surface area contributed by atoms with Crippen LogP contribution in [-0.2, 0) is 11.2 Å². The van der Waals surface area contributed by atoms with Crippen molar-refractivity contribution in [1.82, 2.24) is 10.3 Å². The molecule has 1 amide bonds. The molecule has 0 spiro atoms. The summed E-state index contributed by atoms with van der Waals surface area (Å²) in [5.41, 5.74) is 3.42. The highest BCUT2D eigenvalue weighted by atomic mass is 32.2. The third-order valence-electron chi connectivity index (χ3n) is 4.29. The van der Waals surface area contributed by atoms with Crippen LogP contribution in [0.2, 0.25) is 0 Å². The van der Waals surface area contributed by atoms with Crippen LogP contribution in [0.5, 0.6) is 0 Å². The zero-order chi connectivity index (χ0) is 19.5. The number of carbonyl (C=O) groups excluding carboxylic acids is 1. The highest BCUT2D eigenvalue weighted by Gasteiger charge is 2.25. The summed E-state index contributed by atoms with van der Waals surface area (Å²) < 4.78 is 5.55. The zero-order valence-corrected chi connectivity index (χ0v) is 16.1.